The number of hydrogen-bond donors (Lipinski definition) is 1. The molecule has 2 aromatic rings. The molecule has 7 heteroatoms. The van der Waals surface area contributed by atoms with Crippen LogP contribution in [-0.4, -0.2) is 28.2 Å². The summed E-state index contributed by atoms with van der Waals surface area (Å²) >= 11 is 0. The number of ether oxygens (including phenoxy) is 2. The highest BCUT2D eigenvalue weighted by molar-refractivity contribution is 5.89. The monoisotopic (exact) mass is 314 g/mol. The lowest BCUT2D eigenvalue weighted by Gasteiger charge is -2.15. The summed E-state index contributed by atoms with van der Waals surface area (Å²) in [6, 6.07) is 9.88. The summed E-state index contributed by atoms with van der Waals surface area (Å²) in [6.45, 7) is 0.0405. The normalized spacial score (nSPS) is 19.7. The van der Waals surface area contributed by atoms with E-state index in [1.807, 2.05) is 6.07 Å². The van der Waals surface area contributed by atoms with E-state index in [1.165, 1.54) is 16.8 Å². The number of hydrogen-bond acceptors (Lipinski definition) is 5. The number of aromatic nitrogens is 2. The molecule has 1 N–H and O–H groups in total. The van der Waals surface area contributed by atoms with Crippen LogP contribution < -0.4 is 11.2 Å². The number of benzene rings is 1. The highest BCUT2D eigenvalue weighted by Crippen LogP contribution is 2.19. The lowest BCUT2D eigenvalue weighted by atomic mass is 10.2. The van der Waals surface area contributed by atoms with Crippen LogP contribution in [0.5, 0.6) is 0 Å². The lowest BCUT2D eigenvalue weighted by Crippen LogP contribution is -2.32. The molecule has 0 saturated heterocycles. The summed E-state index contributed by atoms with van der Waals surface area (Å²) in [6.07, 6.45) is 3.64. The fourth-order valence-electron chi connectivity index (χ4n) is 2.19. The van der Waals surface area contributed by atoms with Crippen molar-refractivity contribution in [3.63, 3.8) is 0 Å². The molecule has 1 aliphatic heterocycles. The molecule has 7 nitrogen and oxygen atoms in total. The van der Waals surface area contributed by atoms with Gasteiger partial charge in [0.1, 0.15) is 12.7 Å². The van der Waals surface area contributed by atoms with Gasteiger partial charge in [0.25, 0.3) is 5.56 Å². The van der Waals surface area contributed by atoms with Crippen LogP contribution in [0.15, 0.2) is 64.3 Å². The van der Waals surface area contributed by atoms with E-state index in [2.05, 4.69) is 4.98 Å². The van der Waals surface area contributed by atoms with Crippen LogP contribution in [0.1, 0.15) is 16.6 Å². The van der Waals surface area contributed by atoms with Gasteiger partial charge in [0.05, 0.1) is 5.56 Å². The third kappa shape index (κ3) is 3.46. The molecule has 2 unspecified atom stereocenters. The van der Waals surface area contributed by atoms with E-state index in [4.69, 9.17) is 9.47 Å². The summed E-state index contributed by atoms with van der Waals surface area (Å²) in [5.41, 5.74) is -0.571. The van der Waals surface area contributed by atoms with Gasteiger partial charge >= 0.3 is 11.7 Å². The Morgan fingerprint density at radius 1 is 1.17 bits per heavy atom. The van der Waals surface area contributed by atoms with Crippen LogP contribution in [-0.2, 0) is 9.47 Å². The van der Waals surface area contributed by atoms with Crippen molar-refractivity contribution in [1.82, 2.24) is 9.55 Å². The number of nitrogens with zero attached hydrogens (tertiary/aromatic N) is 1. The average molecular weight is 314 g/mol. The second-order valence-electron chi connectivity index (χ2n) is 4.93. The molecule has 0 bridgehead atoms. The molecule has 0 amide bonds. The first-order chi connectivity index (χ1) is 11.1. The first kappa shape index (κ1) is 15.0. The van der Waals surface area contributed by atoms with Crippen molar-refractivity contribution in [2.45, 2.75) is 12.3 Å². The molecule has 0 aliphatic carbocycles. The zero-order valence-corrected chi connectivity index (χ0v) is 12.0. The second-order valence-corrected chi connectivity index (χ2v) is 4.93. The topological polar surface area (TPSA) is 90.4 Å². The minimum absolute atomic E-state index is 0.0405. The molecule has 0 fully saturated rings. The first-order valence-corrected chi connectivity index (χ1v) is 7.01. The molecule has 0 saturated carbocycles. The van der Waals surface area contributed by atoms with E-state index < -0.39 is 29.6 Å². The van der Waals surface area contributed by atoms with E-state index in [0.29, 0.717) is 5.56 Å². The fourth-order valence-corrected chi connectivity index (χ4v) is 2.19. The molecule has 118 valence electrons. The van der Waals surface area contributed by atoms with Crippen LogP contribution in [0.25, 0.3) is 0 Å². The van der Waals surface area contributed by atoms with Crippen LogP contribution in [0.3, 0.4) is 0 Å². The maximum absolute atomic E-state index is 11.8. The molecule has 1 aromatic heterocycles. The standard InChI is InChI=1S/C16H14N2O5/c19-13-8-9-18(16(21)17-13)14-7-6-12(23-14)10-22-15(20)11-4-2-1-3-5-11/h1-9,12,14H,10H2,(H,17,19,21). The predicted molar refractivity (Wildman–Crippen MR) is 81.1 cm³/mol. The second kappa shape index (κ2) is 6.45. The quantitative estimate of drug-likeness (QED) is 0.667. The number of carbonyl (C=O) groups excluding carboxylic acids is 1. The van der Waals surface area contributed by atoms with E-state index in [9.17, 15) is 14.4 Å². The highest BCUT2D eigenvalue weighted by atomic mass is 16.6. The van der Waals surface area contributed by atoms with E-state index in [0.717, 1.165) is 0 Å². The summed E-state index contributed by atoms with van der Waals surface area (Å²) in [4.78, 5) is 36.7. The molecular weight excluding hydrogens is 300 g/mol. The Morgan fingerprint density at radius 3 is 2.70 bits per heavy atom. The van der Waals surface area contributed by atoms with E-state index in [-0.39, 0.29) is 6.61 Å². The smallest absolute Gasteiger partial charge is 0.338 e. The molecule has 1 aromatic carbocycles. The number of aromatic amines is 1. The number of rotatable bonds is 4. The first-order valence-electron chi connectivity index (χ1n) is 7.01. The SMILES string of the molecule is O=C(OCC1C=CC(n2ccc(=O)[nH]c2=O)O1)c1ccccc1. The molecule has 23 heavy (non-hydrogen) atoms. The largest absolute Gasteiger partial charge is 0.459 e. The highest BCUT2D eigenvalue weighted by Gasteiger charge is 2.22. The van der Waals surface area contributed by atoms with E-state index >= 15 is 0 Å². The Morgan fingerprint density at radius 2 is 1.96 bits per heavy atom. The molecular formula is C16H14N2O5. The minimum atomic E-state index is -0.639. The molecule has 0 radical (unpaired) electrons. The van der Waals surface area contributed by atoms with Crippen molar-refractivity contribution in [3.8, 4) is 0 Å². The van der Waals surface area contributed by atoms with Gasteiger partial charge in [-0.15, -0.1) is 0 Å². The maximum atomic E-state index is 11.8. The van der Waals surface area contributed by atoms with Gasteiger partial charge in [-0.3, -0.25) is 14.3 Å². The summed E-state index contributed by atoms with van der Waals surface area (Å²) in [5.74, 6) is -0.438. The third-order valence-corrected chi connectivity index (χ3v) is 3.32. The molecule has 2 heterocycles. The van der Waals surface area contributed by atoms with Crippen molar-refractivity contribution in [2.24, 2.45) is 0 Å². The minimum Gasteiger partial charge on any atom is -0.459 e. The number of carbonyl (C=O) groups is 1. The zero-order valence-electron chi connectivity index (χ0n) is 12.0. The Hall–Kier alpha value is -2.93. The van der Waals surface area contributed by atoms with Crippen LogP contribution in [0.2, 0.25) is 0 Å². The van der Waals surface area contributed by atoms with Crippen LogP contribution in [0, 0.1) is 0 Å². The van der Waals surface area contributed by atoms with Gasteiger partial charge < -0.3 is 9.47 Å². The van der Waals surface area contributed by atoms with Crippen LogP contribution in [0.4, 0.5) is 0 Å². The maximum Gasteiger partial charge on any atom is 0.338 e. The summed E-state index contributed by atoms with van der Waals surface area (Å²) in [5, 5.41) is 0. The number of nitrogens with one attached hydrogen (secondary N) is 1. The zero-order chi connectivity index (χ0) is 16.2. The van der Waals surface area contributed by atoms with Gasteiger partial charge in [-0.25, -0.2) is 9.59 Å². The Labute approximate surface area is 130 Å². The lowest BCUT2D eigenvalue weighted by molar-refractivity contribution is -0.0223. The van der Waals surface area contributed by atoms with Crippen molar-refractivity contribution < 1.29 is 14.3 Å². The number of H-pyrrole nitrogens is 1. The fraction of sp³-hybridized carbons (Fsp3) is 0.188. The van der Waals surface area contributed by atoms with E-state index in [1.54, 1.807) is 36.4 Å². The molecule has 1 aliphatic rings. The van der Waals surface area contributed by atoms with Crippen molar-refractivity contribution >= 4 is 5.97 Å². The Balaban J connectivity index is 1.58. The summed E-state index contributed by atoms with van der Waals surface area (Å²) < 4.78 is 12.0. The van der Waals surface area contributed by atoms with Crippen LogP contribution >= 0.6 is 0 Å². The van der Waals surface area contributed by atoms with Gasteiger partial charge in [-0.1, -0.05) is 24.3 Å². The van der Waals surface area contributed by atoms with Gasteiger partial charge in [0, 0.05) is 12.3 Å². The van der Waals surface area contributed by atoms with Crippen molar-refractivity contribution in [2.75, 3.05) is 6.61 Å². The predicted octanol–water partition coefficient (Wildman–Crippen LogP) is 0.847. The van der Waals surface area contributed by atoms with Gasteiger partial charge in [-0.2, -0.15) is 0 Å². The van der Waals surface area contributed by atoms with Crippen molar-refractivity contribution in [1.29, 1.82) is 0 Å². The molecule has 3 rings (SSSR count). The third-order valence-electron chi connectivity index (χ3n) is 3.32. The molecule has 2 atom stereocenters. The van der Waals surface area contributed by atoms with Crippen molar-refractivity contribution in [3.05, 3.63) is 81.1 Å². The Kier molecular flexibility index (Phi) is 4.20. The average Bonchev–Trinajstić information content (AvgIpc) is 3.02. The summed E-state index contributed by atoms with van der Waals surface area (Å²) in [7, 11) is 0. The van der Waals surface area contributed by atoms with Gasteiger partial charge in [0.2, 0.25) is 0 Å². The van der Waals surface area contributed by atoms with Gasteiger partial charge in [-0.05, 0) is 18.2 Å². The Bertz CT molecular complexity index is 837. The molecule has 0 spiro atoms. The number of esters is 1. The van der Waals surface area contributed by atoms with Gasteiger partial charge in [0.15, 0.2) is 6.23 Å².